The molecule has 15 heavy (non-hydrogen) atoms. The molecule has 0 aliphatic carbocycles. The van der Waals surface area contributed by atoms with Gasteiger partial charge >= 0.3 is 0 Å². The van der Waals surface area contributed by atoms with E-state index in [2.05, 4.69) is 29.6 Å². The summed E-state index contributed by atoms with van der Waals surface area (Å²) in [7, 11) is 1.56. The molecule has 0 unspecified atom stereocenters. The van der Waals surface area contributed by atoms with E-state index in [0.717, 1.165) is 18.1 Å². The second kappa shape index (κ2) is 11.1. The quantitative estimate of drug-likeness (QED) is 0.587. The smallest absolute Gasteiger partial charge is 0.206 e. The number of rotatable bonds is 5. The molecule has 0 atom stereocenters. The minimum absolute atomic E-state index is 0.625. The van der Waals surface area contributed by atoms with E-state index < -0.39 is 0 Å². The van der Waals surface area contributed by atoms with Crippen LogP contribution in [0.3, 0.4) is 0 Å². The number of nitrogens with one attached hydrogen (secondary N) is 1. The molecule has 0 radical (unpaired) electrons. The van der Waals surface area contributed by atoms with Crippen LogP contribution >= 0.6 is 11.8 Å². The highest BCUT2D eigenvalue weighted by molar-refractivity contribution is 7.98. The Morgan fingerprint density at radius 1 is 1.40 bits per heavy atom. The number of hydrogen-bond acceptors (Lipinski definition) is 3. The molecule has 0 aromatic heterocycles. The van der Waals surface area contributed by atoms with Crippen LogP contribution in [-0.2, 0) is 10.5 Å². The molecule has 1 aromatic carbocycles. The van der Waals surface area contributed by atoms with Crippen molar-refractivity contribution in [3.05, 3.63) is 35.9 Å². The Labute approximate surface area is 95.4 Å². The minimum Gasteiger partial charge on any atom is -0.362 e. The van der Waals surface area contributed by atoms with Crippen LogP contribution in [0.1, 0.15) is 5.56 Å². The molecule has 3 nitrogen and oxygen atoms in total. The number of carbonyl (C=O) groups excluding carboxylic acids is 1. The maximum atomic E-state index is 9.06. The van der Waals surface area contributed by atoms with Gasteiger partial charge in [0.1, 0.15) is 0 Å². The van der Waals surface area contributed by atoms with Crippen molar-refractivity contribution in [1.29, 1.82) is 0 Å². The number of benzene rings is 1. The first-order valence-corrected chi connectivity index (χ1v) is 5.93. The van der Waals surface area contributed by atoms with Gasteiger partial charge in [0.05, 0.1) is 0 Å². The lowest BCUT2D eigenvalue weighted by Gasteiger charge is -1.98. The molecule has 0 heterocycles. The first-order chi connectivity index (χ1) is 7.35. The molecule has 0 fully saturated rings. The highest BCUT2D eigenvalue weighted by Crippen LogP contribution is 2.09. The predicted octanol–water partition coefficient (Wildman–Crippen LogP) is 1.24. The summed E-state index contributed by atoms with van der Waals surface area (Å²) in [5.74, 6) is 2.13. The molecule has 1 rings (SSSR count). The number of thioether (sulfide) groups is 1. The van der Waals surface area contributed by atoms with Gasteiger partial charge in [-0.1, -0.05) is 30.3 Å². The first-order valence-electron chi connectivity index (χ1n) is 4.77. The molecule has 0 aliphatic rings. The number of carbonyl (C=O) groups is 1. The number of nitrogens with two attached hydrogens (primary N) is 1. The fourth-order valence-corrected chi connectivity index (χ4v) is 1.59. The maximum absolute atomic E-state index is 9.06. The highest BCUT2D eigenvalue weighted by atomic mass is 32.2. The van der Waals surface area contributed by atoms with E-state index in [4.69, 9.17) is 10.5 Å². The molecule has 1 amide bonds. The number of amides is 1. The van der Waals surface area contributed by atoms with Gasteiger partial charge in [0.25, 0.3) is 0 Å². The van der Waals surface area contributed by atoms with E-state index in [1.54, 1.807) is 7.05 Å². The zero-order chi connectivity index (χ0) is 11.4. The van der Waals surface area contributed by atoms with Crippen molar-refractivity contribution in [3.8, 4) is 0 Å². The van der Waals surface area contributed by atoms with Crippen molar-refractivity contribution in [2.45, 2.75) is 5.75 Å². The Balaban J connectivity index is 0.000000423. The Kier molecular flexibility index (Phi) is 10.3. The van der Waals surface area contributed by atoms with Crippen molar-refractivity contribution in [3.63, 3.8) is 0 Å². The molecule has 0 bridgehead atoms. The van der Waals surface area contributed by atoms with Gasteiger partial charge in [0.15, 0.2) is 0 Å². The zero-order valence-corrected chi connectivity index (χ0v) is 9.80. The molecule has 0 aliphatic heterocycles. The van der Waals surface area contributed by atoms with Gasteiger partial charge in [0.2, 0.25) is 6.41 Å². The Morgan fingerprint density at radius 3 is 2.47 bits per heavy atom. The summed E-state index contributed by atoms with van der Waals surface area (Å²) < 4.78 is 0. The summed E-state index contributed by atoms with van der Waals surface area (Å²) in [5.41, 5.74) is 6.75. The minimum atomic E-state index is 0.625. The third-order valence-corrected chi connectivity index (χ3v) is 2.55. The van der Waals surface area contributed by atoms with Gasteiger partial charge in [-0.15, -0.1) is 0 Å². The molecular formula is C11H18N2OS. The molecule has 1 aromatic rings. The van der Waals surface area contributed by atoms with E-state index >= 15 is 0 Å². The fraction of sp³-hybridized carbons (Fsp3) is 0.364. The molecule has 0 spiro atoms. The Bertz CT molecular complexity index is 242. The number of hydrogen-bond donors (Lipinski definition) is 2. The second-order valence-corrected chi connectivity index (χ2v) is 3.84. The van der Waals surface area contributed by atoms with Gasteiger partial charge in [-0.25, -0.2) is 0 Å². The Morgan fingerprint density at radius 2 is 2.00 bits per heavy atom. The summed E-state index contributed by atoms with van der Waals surface area (Å²) in [6, 6.07) is 10.5. The van der Waals surface area contributed by atoms with Crippen LogP contribution in [0.25, 0.3) is 0 Å². The summed E-state index contributed by atoms with van der Waals surface area (Å²) >= 11 is 1.88. The summed E-state index contributed by atoms with van der Waals surface area (Å²) in [4.78, 5) is 9.06. The van der Waals surface area contributed by atoms with Crippen LogP contribution in [0.5, 0.6) is 0 Å². The van der Waals surface area contributed by atoms with Gasteiger partial charge in [-0.05, 0) is 5.56 Å². The third kappa shape index (κ3) is 9.31. The normalized spacial score (nSPS) is 8.67. The lowest BCUT2D eigenvalue weighted by atomic mass is 10.2. The van der Waals surface area contributed by atoms with Crippen LogP contribution in [0, 0.1) is 0 Å². The summed E-state index contributed by atoms with van der Waals surface area (Å²) in [6.45, 7) is 0.775. The van der Waals surface area contributed by atoms with Crippen molar-refractivity contribution in [1.82, 2.24) is 5.32 Å². The van der Waals surface area contributed by atoms with Crippen LogP contribution < -0.4 is 11.1 Å². The fourth-order valence-electron chi connectivity index (χ4n) is 0.848. The van der Waals surface area contributed by atoms with E-state index in [0.29, 0.717) is 6.41 Å². The highest BCUT2D eigenvalue weighted by Gasteiger charge is 1.89. The Hall–Kier alpha value is -1.00. The van der Waals surface area contributed by atoms with E-state index in [1.807, 2.05) is 17.8 Å². The van der Waals surface area contributed by atoms with Crippen molar-refractivity contribution in [2.24, 2.45) is 5.73 Å². The van der Waals surface area contributed by atoms with Crippen molar-refractivity contribution < 1.29 is 4.79 Å². The average Bonchev–Trinajstić information content (AvgIpc) is 2.31. The predicted molar refractivity (Wildman–Crippen MR) is 66.8 cm³/mol. The van der Waals surface area contributed by atoms with Crippen LogP contribution in [-0.4, -0.2) is 25.8 Å². The van der Waals surface area contributed by atoms with Crippen LogP contribution in [0.2, 0.25) is 0 Å². The zero-order valence-electron chi connectivity index (χ0n) is 8.98. The standard InChI is InChI=1S/C9H13NS.C2H5NO/c10-6-7-11-8-9-4-2-1-3-5-9;1-3-2-4/h1-5H,6-8,10H2;2H,1H3,(H,3,4). The SMILES string of the molecule is CNC=O.NCCSCc1ccccc1. The van der Waals surface area contributed by atoms with E-state index in [-0.39, 0.29) is 0 Å². The average molecular weight is 226 g/mol. The maximum Gasteiger partial charge on any atom is 0.206 e. The lowest BCUT2D eigenvalue weighted by Crippen LogP contribution is -2.01. The van der Waals surface area contributed by atoms with Gasteiger partial charge in [-0.3, -0.25) is 4.79 Å². The van der Waals surface area contributed by atoms with Gasteiger partial charge in [0, 0.05) is 25.1 Å². The van der Waals surface area contributed by atoms with Crippen LogP contribution in [0.4, 0.5) is 0 Å². The molecule has 84 valence electrons. The first kappa shape index (κ1) is 14.0. The van der Waals surface area contributed by atoms with E-state index in [9.17, 15) is 0 Å². The lowest BCUT2D eigenvalue weighted by molar-refractivity contribution is -0.109. The largest absolute Gasteiger partial charge is 0.362 e. The van der Waals surface area contributed by atoms with Crippen LogP contribution in [0.15, 0.2) is 30.3 Å². The molecule has 0 saturated carbocycles. The monoisotopic (exact) mass is 226 g/mol. The summed E-state index contributed by atoms with van der Waals surface area (Å²) in [5, 5.41) is 2.25. The molecule has 4 heteroatoms. The van der Waals surface area contributed by atoms with Gasteiger partial charge < -0.3 is 11.1 Å². The second-order valence-electron chi connectivity index (χ2n) is 2.73. The third-order valence-electron chi connectivity index (χ3n) is 1.49. The van der Waals surface area contributed by atoms with Crippen molar-refractivity contribution >= 4 is 18.2 Å². The van der Waals surface area contributed by atoms with Crippen molar-refractivity contribution in [2.75, 3.05) is 19.3 Å². The topological polar surface area (TPSA) is 55.1 Å². The molecular weight excluding hydrogens is 208 g/mol. The van der Waals surface area contributed by atoms with Gasteiger partial charge in [-0.2, -0.15) is 11.8 Å². The summed E-state index contributed by atoms with van der Waals surface area (Å²) in [6.07, 6.45) is 0.625. The molecule has 0 saturated heterocycles. The molecule has 3 N–H and O–H groups in total. The van der Waals surface area contributed by atoms with E-state index in [1.165, 1.54) is 5.56 Å².